The number of hydrogen-bond donors (Lipinski definition) is 1. The maximum atomic E-state index is 5.55. The van der Waals surface area contributed by atoms with E-state index in [0.29, 0.717) is 6.54 Å². The Hall–Kier alpha value is -2.01. The van der Waals surface area contributed by atoms with Gasteiger partial charge in [0.25, 0.3) is 0 Å². The molecule has 3 rings (SSSR count). The third-order valence-corrected chi connectivity index (χ3v) is 3.82. The largest absolute Gasteiger partial charge is 0.465 e. The number of anilines is 1. The lowest BCUT2D eigenvalue weighted by molar-refractivity contribution is 0.490. The number of aromatic nitrogens is 2. The highest BCUT2D eigenvalue weighted by Gasteiger charge is 2.09. The standard InChI is InChI=1S/C16H16BrN3O/c1-11-6-7-14(21-11)9-18-16-19-10-15(20(16)2)12-4-3-5-13(17)8-12/h3-8,10H,9H2,1-2H3,(H,18,19). The van der Waals surface area contributed by atoms with E-state index in [0.717, 1.165) is 33.2 Å². The third kappa shape index (κ3) is 3.03. The van der Waals surface area contributed by atoms with Crippen LogP contribution < -0.4 is 5.32 Å². The van der Waals surface area contributed by atoms with Gasteiger partial charge in [0, 0.05) is 17.1 Å². The van der Waals surface area contributed by atoms with E-state index in [2.05, 4.69) is 38.4 Å². The number of rotatable bonds is 4. The molecule has 0 amide bonds. The van der Waals surface area contributed by atoms with E-state index < -0.39 is 0 Å². The first kappa shape index (κ1) is 13.9. The topological polar surface area (TPSA) is 43.0 Å². The molecule has 0 bridgehead atoms. The van der Waals surface area contributed by atoms with Gasteiger partial charge in [-0.15, -0.1) is 0 Å². The van der Waals surface area contributed by atoms with Gasteiger partial charge < -0.3 is 14.3 Å². The zero-order chi connectivity index (χ0) is 14.8. The smallest absolute Gasteiger partial charge is 0.203 e. The van der Waals surface area contributed by atoms with E-state index in [4.69, 9.17) is 4.42 Å². The Morgan fingerprint density at radius 1 is 1.29 bits per heavy atom. The van der Waals surface area contributed by atoms with Crippen molar-refractivity contribution in [1.29, 1.82) is 0 Å². The van der Waals surface area contributed by atoms with E-state index in [-0.39, 0.29) is 0 Å². The number of furan rings is 1. The molecule has 2 heterocycles. The lowest BCUT2D eigenvalue weighted by Gasteiger charge is -2.07. The summed E-state index contributed by atoms with van der Waals surface area (Å²) in [5.74, 6) is 2.64. The number of benzene rings is 1. The van der Waals surface area contributed by atoms with E-state index in [1.165, 1.54) is 0 Å². The Kier molecular flexibility index (Phi) is 3.84. The molecule has 1 N–H and O–H groups in total. The van der Waals surface area contributed by atoms with Gasteiger partial charge in [0.05, 0.1) is 18.4 Å². The Morgan fingerprint density at radius 2 is 2.14 bits per heavy atom. The van der Waals surface area contributed by atoms with E-state index >= 15 is 0 Å². The zero-order valence-corrected chi connectivity index (χ0v) is 13.5. The van der Waals surface area contributed by atoms with E-state index in [1.54, 1.807) is 0 Å². The van der Waals surface area contributed by atoms with Crippen molar-refractivity contribution >= 4 is 21.9 Å². The molecular weight excluding hydrogens is 330 g/mol. The molecule has 0 fully saturated rings. The predicted molar refractivity (Wildman–Crippen MR) is 87.1 cm³/mol. The van der Waals surface area contributed by atoms with Crippen molar-refractivity contribution in [2.75, 3.05) is 5.32 Å². The quantitative estimate of drug-likeness (QED) is 0.763. The van der Waals surface area contributed by atoms with Gasteiger partial charge in [0.1, 0.15) is 11.5 Å². The average molecular weight is 346 g/mol. The molecule has 3 aromatic rings. The molecule has 4 nitrogen and oxygen atoms in total. The van der Waals surface area contributed by atoms with E-state index in [1.807, 2.05) is 49.0 Å². The van der Waals surface area contributed by atoms with Gasteiger partial charge in [0.2, 0.25) is 5.95 Å². The summed E-state index contributed by atoms with van der Waals surface area (Å²) in [7, 11) is 2.00. The van der Waals surface area contributed by atoms with Crippen LogP contribution in [0.2, 0.25) is 0 Å². The molecule has 0 spiro atoms. The zero-order valence-electron chi connectivity index (χ0n) is 11.9. The second-order valence-corrected chi connectivity index (χ2v) is 5.82. The normalized spacial score (nSPS) is 10.8. The van der Waals surface area contributed by atoms with Crippen LogP contribution in [0.5, 0.6) is 0 Å². The predicted octanol–water partition coefficient (Wildman–Crippen LogP) is 4.36. The van der Waals surface area contributed by atoms with Gasteiger partial charge in [-0.3, -0.25) is 0 Å². The third-order valence-electron chi connectivity index (χ3n) is 3.33. The molecule has 1 aromatic carbocycles. The molecule has 0 unspecified atom stereocenters. The maximum absolute atomic E-state index is 5.55. The molecule has 0 aliphatic carbocycles. The molecule has 0 saturated heterocycles. The fourth-order valence-corrected chi connectivity index (χ4v) is 2.64. The lowest BCUT2D eigenvalue weighted by Crippen LogP contribution is -2.05. The summed E-state index contributed by atoms with van der Waals surface area (Å²) < 4.78 is 8.64. The van der Waals surface area contributed by atoms with Crippen LogP contribution in [0.25, 0.3) is 11.3 Å². The fourth-order valence-electron chi connectivity index (χ4n) is 2.24. The summed E-state index contributed by atoms with van der Waals surface area (Å²) in [4.78, 5) is 4.44. The lowest BCUT2D eigenvalue weighted by atomic mass is 10.2. The monoisotopic (exact) mass is 345 g/mol. The number of imidazole rings is 1. The van der Waals surface area contributed by atoms with Crippen LogP contribution in [0.1, 0.15) is 11.5 Å². The van der Waals surface area contributed by atoms with Gasteiger partial charge in [-0.1, -0.05) is 28.1 Å². The number of aryl methyl sites for hydroxylation is 1. The molecule has 2 aromatic heterocycles. The molecular formula is C16H16BrN3O. The Labute approximate surface area is 131 Å². The van der Waals surface area contributed by atoms with Crippen molar-refractivity contribution in [3.63, 3.8) is 0 Å². The van der Waals surface area contributed by atoms with E-state index in [9.17, 15) is 0 Å². The summed E-state index contributed by atoms with van der Waals surface area (Å²) >= 11 is 3.50. The first-order valence-corrected chi connectivity index (χ1v) is 7.49. The van der Waals surface area contributed by atoms with Crippen molar-refractivity contribution in [2.24, 2.45) is 7.05 Å². The Bertz CT molecular complexity index is 760. The summed E-state index contributed by atoms with van der Waals surface area (Å²) in [6.07, 6.45) is 1.87. The minimum Gasteiger partial charge on any atom is -0.465 e. The molecule has 0 aliphatic heterocycles. The fraction of sp³-hybridized carbons (Fsp3) is 0.188. The average Bonchev–Trinajstić information content (AvgIpc) is 3.03. The van der Waals surface area contributed by atoms with Crippen molar-refractivity contribution in [3.05, 3.63) is 58.6 Å². The van der Waals surface area contributed by atoms with Crippen LogP contribution in [0.4, 0.5) is 5.95 Å². The van der Waals surface area contributed by atoms with Crippen molar-refractivity contribution < 1.29 is 4.42 Å². The first-order valence-electron chi connectivity index (χ1n) is 6.70. The SMILES string of the molecule is Cc1ccc(CNc2ncc(-c3cccc(Br)c3)n2C)o1. The highest BCUT2D eigenvalue weighted by atomic mass is 79.9. The number of nitrogens with zero attached hydrogens (tertiary/aromatic N) is 2. The van der Waals surface area contributed by atoms with Crippen molar-refractivity contribution in [2.45, 2.75) is 13.5 Å². The Balaban J connectivity index is 1.79. The molecule has 5 heteroatoms. The second-order valence-electron chi connectivity index (χ2n) is 4.90. The van der Waals surface area contributed by atoms with Gasteiger partial charge in [-0.05, 0) is 31.2 Å². The van der Waals surface area contributed by atoms with Crippen molar-refractivity contribution in [1.82, 2.24) is 9.55 Å². The minimum absolute atomic E-state index is 0.622. The number of hydrogen-bond acceptors (Lipinski definition) is 3. The molecule has 21 heavy (non-hydrogen) atoms. The Morgan fingerprint density at radius 3 is 2.86 bits per heavy atom. The van der Waals surface area contributed by atoms with Gasteiger partial charge in [-0.25, -0.2) is 4.98 Å². The number of nitrogens with one attached hydrogen (secondary N) is 1. The van der Waals surface area contributed by atoms with Crippen LogP contribution in [0, 0.1) is 6.92 Å². The summed E-state index contributed by atoms with van der Waals surface area (Å²) in [5.41, 5.74) is 2.19. The molecule has 0 atom stereocenters. The van der Waals surface area contributed by atoms with Gasteiger partial charge in [-0.2, -0.15) is 0 Å². The maximum Gasteiger partial charge on any atom is 0.203 e. The van der Waals surface area contributed by atoms with Crippen LogP contribution in [-0.4, -0.2) is 9.55 Å². The molecule has 0 saturated carbocycles. The highest BCUT2D eigenvalue weighted by Crippen LogP contribution is 2.25. The van der Waals surface area contributed by atoms with Crippen molar-refractivity contribution in [3.8, 4) is 11.3 Å². The van der Waals surface area contributed by atoms with Gasteiger partial charge >= 0.3 is 0 Å². The molecule has 108 valence electrons. The van der Waals surface area contributed by atoms with Gasteiger partial charge in [0.15, 0.2) is 0 Å². The van der Waals surface area contributed by atoms with Crippen LogP contribution >= 0.6 is 15.9 Å². The number of halogens is 1. The summed E-state index contributed by atoms with van der Waals surface area (Å²) in [6, 6.07) is 12.1. The molecule has 0 aliphatic rings. The first-order chi connectivity index (χ1) is 10.1. The second kappa shape index (κ2) is 5.77. The van der Waals surface area contributed by atoms with Crippen LogP contribution in [-0.2, 0) is 13.6 Å². The highest BCUT2D eigenvalue weighted by molar-refractivity contribution is 9.10. The van der Waals surface area contributed by atoms with Crippen LogP contribution in [0.3, 0.4) is 0 Å². The summed E-state index contributed by atoms with van der Waals surface area (Å²) in [5, 5.41) is 3.29. The summed E-state index contributed by atoms with van der Waals surface area (Å²) in [6.45, 7) is 2.56. The molecule has 0 radical (unpaired) electrons. The van der Waals surface area contributed by atoms with Crippen LogP contribution in [0.15, 0.2) is 51.5 Å². The minimum atomic E-state index is 0.622.